The van der Waals surface area contributed by atoms with Crippen LogP contribution in [0.4, 0.5) is 20.3 Å². The van der Waals surface area contributed by atoms with Crippen LogP contribution < -0.4 is 14.5 Å². The number of piperazine rings is 1. The first-order valence-corrected chi connectivity index (χ1v) is 9.93. The molecule has 1 fully saturated rings. The van der Waals surface area contributed by atoms with Gasteiger partial charge in [0.25, 0.3) is 0 Å². The van der Waals surface area contributed by atoms with Crippen LogP contribution in [0.5, 0.6) is 5.75 Å². The fourth-order valence-electron chi connectivity index (χ4n) is 3.91. The normalized spacial score (nSPS) is 14.3. The molecule has 158 valence electrons. The van der Waals surface area contributed by atoms with E-state index in [0.717, 1.165) is 16.9 Å². The standard InChI is InChI=1S/C22H20F2N6O/c1-31-20-7-6-15(12-18(20)24)28-8-10-29(11-9-28)21-16-13-27-30(22(16)26-14-25-21)19-5-3-2-4-17(19)23/h2-7,12-14H,8-11H2,1H3. The van der Waals surface area contributed by atoms with Gasteiger partial charge in [-0.05, 0) is 24.3 Å². The maximum Gasteiger partial charge on any atom is 0.168 e. The molecule has 31 heavy (non-hydrogen) atoms. The molecule has 0 radical (unpaired) electrons. The molecule has 0 unspecified atom stereocenters. The van der Waals surface area contributed by atoms with E-state index in [1.807, 2.05) is 6.07 Å². The maximum absolute atomic E-state index is 14.3. The SMILES string of the molecule is COc1ccc(N2CCN(c3ncnc4c3cnn4-c3ccccc3F)CC2)cc1F. The van der Waals surface area contributed by atoms with Gasteiger partial charge in [0.15, 0.2) is 17.2 Å². The molecular formula is C22H20F2N6O. The minimum absolute atomic E-state index is 0.234. The van der Waals surface area contributed by atoms with Crippen molar-refractivity contribution in [2.75, 3.05) is 43.1 Å². The zero-order valence-corrected chi connectivity index (χ0v) is 16.9. The van der Waals surface area contributed by atoms with Crippen LogP contribution in [0.1, 0.15) is 0 Å². The number of benzene rings is 2. The highest BCUT2D eigenvalue weighted by molar-refractivity contribution is 5.87. The van der Waals surface area contributed by atoms with Crippen LogP contribution in [0.2, 0.25) is 0 Å². The van der Waals surface area contributed by atoms with Crippen molar-refractivity contribution < 1.29 is 13.5 Å². The molecule has 1 saturated heterocycles. The van der Waals surface area contributed by atoms with Gasteiger partial charge in [-0.1, -0.05) is 12.1 Å². The molecule has 0 aliphatic carbocycles. The van der Waals surface area contributed by atoms with Crippen LogP contribution >= 0.6 is 0 Å². The Hall–Kier alpha value is -3.75. The first-order chi connectivity index (χ1) is 15.2. The fourth-order valence-corrected chi connectivity index (χ4v) is 3.91. The Morgan fingerprint density at radius 3 is 2.42 bits per heavy atom. The summed E-state index contributed by atoms with van der Waals surface area (Å²) in [6, 6.07) is 11.5. The van der Waals surface area contributed by atoms with E-state index >= 15 is 0 Å². The highest BCUT2D eigenvalue weighted by atomic mass is 19.1. The van der Waals surface area contributed by atoms with E-state index in [1.54, 1.807) is 30.5 Å². The quantitative estimate of drug-likeness (QED) is 0.502. The molecule has 2 aromatic heterocycles. The second-order valence-corrected chi connectivity index (χ2v) is 7.24. The minimum atomic E-state index is -0.375. The lowest BCUT2D eigenvalue weighted by Crippen LogP contribution is -2.47. The van der Waals surface area contributed by atoms with Crippen molar-refractivity contribution in [1.82, 2.24) is 19.7 Å². The molecule has 0 saturated carbocycles. The summed E-state index contributed by atoms with van der Waals surface area (Å²) in [5, 5.41) is 5.11. The number of nitrogens with zero attached hydrogens (tertiary/aromatic N) is 6. The Kier molecular flexibility index (Phi) is 4.85. The first-order valence-electron chi connectivity index (χ1n) is 9.93. The molecule has 0 atom stereocenters. The number of hydrogen-bond donors (Lipinski definition) is 0. The molecule has 1 aliphatic heterocycles. The van der Waals surface area contributed by atoms with Crippen molar-refractivity contribution >= 4 is 22.5 Å². The highest BCUT2D eigenvalue weighted by Crippen LogP contribution is 2.28. The third kappa shape index (κ3) is 3.41. The van der Waals surface area contributed by atoms with Gasteiger partial charge in [-0.2, -0.15) is 5.10 Å². The molecule has 2 aromatic carbocycles. The smallest absolute Gasteiger partial charge is 0.168 e. The number of ether oxygens (including phenoxy) is 1. The molecule has 0 spiro atoms. The van der Waals surface area contributed by atoms with Gasteiger partial charge in [-0.15, -0.1) is 0 Å². The number of methoxy groups -OCH3 is 1. The van der Waals surface area contributed by atoms with Crippen LogP contribution in [-0.2, 0) is 0 Å². The summed E-state index contributed by atoms with van der Waals surface area (Å²) in [6.07, 6.45) is 3.14. The highest BCUT2D eigenvalue weighted by Gasteiger charge is 2.22. The molecular weight excluding hydrogens is 402 g/mol. The van der Waals surface area contributed by atoms with Gasteiger partial charge in [0.05, 0.1) is 18.7 Å². The summed E-state index contributed by atoms with van der Waals surface area (Å²) in [4.78, 5) is 13.1. The third-order valence-corrected chi connectivity index (χ3v) is 5.51. The molecule has 1 aliphatic rings. The van der Waals surface area contributed by atoms with E-state index in [4.69, 9.17) is 4.74 Å². The first kappa shape index (κ1) is 19.2. The molecule has 5 rings (SSSR count). The van der Waals surface area contributed by atoms with E-state index < -0.39 is 0 Å². The van der Waals surface area contributed by atoms with Crippen molar-refractivity contribution in [3.63, 3.8) is 0 Å². The van der Waals surface area contributed by atoms with Gasteiger partial charge in [0.2, 0.25) is 0 Å². The molecule has 0 N–H and O–H groups in total. The van der Waals surface area contributed by atoms with Crippen LogP contribution in [-0.4, -0.2) is 53.0 Å². The van der Waals surface area contributed by atoms with Gasteiger partial charge in [-0.3, -0.25) is 0 Å². The van der Waals surface area contributed by atoms with Gasteiger partial charge in [0, 0.05) is 37.9 Å². The van der Waals surface area contributed by atoms with E-state index in [2.05, 4.69) is 24.9 Å². The summed E-state index contributed by atoms with van der Waals surface area (Å²) in [5.74, 6) is 0.249. The van der Waals surface area contributed by atoms with Crippen molar-refractivity contribution in [2.45, 2.75) is 0 Å². The van der Waals surface area contributed by atoms with Crippen molar-refractivity contribution in [3.8, 4) is 11.4 Å². The van der Waals surface area contributed by atoms with E-state index in [0.29, 0.717) is 37.5 Å². The van der Waals surface area contributed by atoms with Crippen molar-refractivity contribution in [2.24, 2.45) is 0 Å². The summed E-state index contributed by atoms with van der Waals surface area (Å²) >= 11 is 0. The topological polar surface area (TPSA) is 59.3 Å². The van der Waals surface area contributed by atoms with Gasteiger partial charge >= 0.3 is 0 Å². The van der Waals surface area contributed by atoms with Gasteiger partial charge < -0.3 is 14.5 Å². The average molecular weight is 422 g/mol. The lowest BCUT2D eigenvalue weighted by Gasteiger charge is -2.36. The Morgan fingerprint density at radius 2 is 1.68 bits per heavy atom. The molecule has 3 heterocycles. The summed E-state index contributed by atoms with van der Waals surface area (Å²) < 4.78 is 34.8. The number of anilines is 2. The Bertz CT molecular complexity index is 1240. The molecule has 9 heteroatoms. The number of rotatable bonds is 4. The zero-order valence-electron chi connectivity index (χ0n) is 16.9. The molecule has 4 aromatic rings. The van der Waals surface area contributed by atoms with Gasteiger partial charge in [-0.25, -0.2) is 23.4 Å². The van der Waals surface area contributed by atoms with Gasteiger partial charge in [0.1, 0.15) is 23.6 Å². The number of hydrogen-bond acceptors (Lipinski definition) is 6. The van der Waals surface area contributed by atoms with E-state index in [1.165, 1.54) is 30.3 Å². The van der Waals surface area contributed by atoms with Crippen molar-refractivity contribution in [1.29, 1.82) is 0 Å². The lowest BCUT2D eigenvalue weighted by molar-refractivity contribution is 0.386. The number of fused-ring (bicyclic) bond motifs is 1. The zero-order chi connectivity index (χ0) is 21.4. The summed E-state index contributed by atoms with van der Waals surface area (Å²) in [7, 11) is 1.45. The van der Waals surface area contributed by atoms with Crippen LogP contribution in [0.15, 0.2) is 55.0 Å². The monoisotopic (exact) mass is 422 g/mol. The molecule has 0 amide bonds. The Morgan fingerprint density at radius 1 is 0.903 bits per heavy atom. The molecule has 7 nitrogen and oxygen atoms in total. The summed E-state index contributed by atoms with van der Waals surface area (Å²) in [5.41, 5.74) is 1.71. The lowest BCUT2D eigenvalue weighted by atomic mass is 10.2. The van der Waals surface area contributed by atoms with Crippen LogP contribution in [0.25, 0.3) is 16.7 Å². The van der Waals surface area contributed by atoms with E-state index in [-0.39, 0.29) is 17.4 Å². The Balaban J connectivity index is 1.39. The summed E-state index contributed by atoms with van der Waals surface area (Å²) in [6.45, 7) is 2.81. The van der Waals surface area contributed by atoms with E-state index in [9.17, 15) is 8.78 Å². The predicted octanol–water partition coefficient (Wildman–Crippen LogP) is 3.43. The minimum Gasteiger partial charge on any atom is -0.494 e. The maximum atomic E-state index is 14.3. The van der Waals surface area contributed by atoms with Crippen molar-refractivity contribution in [3.05, 3.63) is 66.6 Å². The fraction of sp³-hybridized carbons (Fsp3) is 0.227. The number of halogens is 2. The number of aromatic nitrogens is 4. The third-order valence-electron chi connectivity index (χ3n) is 5.51. The second-order valence-electron chi connectivity index (χ2n) is 7.24. The molecule has 0 bridgehead atoms. The van der Waals surface area contributed by atoms with Crippen LogP contribution in [0.3, 0.4) is 0 Å². The average Bonchev–Trinajstić information content (AvgIpc) is 3.23. The van der Waals surface area contributed by atoms with Crippen LogP contribution in [0, 0.1) is 11.6 Å². The second kappa shape index (κ2) is 7.82. The Labute approximate surface area is 177 Å². The predicted molar refractivity (Wildman–Crippen MR) is 114 cm³/mol. The number of para-hydroxylation sites is 1. The largest absolute Gasteiger partial charge is 0.494 e.